The van der Waals surface area contributed by atoms with E-state index >= 15 is 0 Å². The number of hydrogen-bond acceptors (Lipinski definition) is 10. The minimum atomic E-state index is -0.257. The van der Waals surface area contributed by atoms with Crippen LogP contribution in [-0.2, 0) is 9.53 Å². The van der Waals surface area contributed by atoms with Crippen LogP contribution < -0.4 is 5.32 Å². The molecular formula is C49H43N7O3. The highest BCUT2D eigenvalue weighted by Gasteiger charge is 2.41. The zero-order chi connectivity index (χ0) is 40.9. The third-order valence-corrected chi connectivity index (χ3v) is 12.0. The summed E-state index contributed by atoms with van der Waals surface area (Å²) in [4.78, 5) is 42.1. The summed E-state index contributed by atoms with van der Waals surface area (Å²) in [7, 11) is 1.42. The van der Waals surface area contributed by atoms with Crippen molar-refractivity contribution in [2.45, 2.75) is 60.3 Å². The monoisotopic (exact) mass is 777 g/mol. The van der Waals surface area contributed by atoms with Crippen LogP contribution in [0.4, 0.5) is 0 Å². The van der Waals surface area contributed by atoms with Gasteiger partial charge in [-0.05, 0) is 111 Å². The molecule has 292 valence electrons. The predicted octanol–water partition coefficient (Wildman–Crippen LogP) is 9.18. The summed E-state index contributed by atoms with van der Waals surface area (Å²) in [6.07, 6.45) is 11.7. The van der Waals surface area contributed by atoms with Gasteiger partial charge in [0, 0.05) is 65.2 Å². The zero-order valence-electron chi connectivity index (χ0n) is 33.9. The Labute approximate surface area is 343 Å². The van der Waals surface area contributed by atoms with Crippen molar-refractivity contribution in [2.75, 3.05) is 7.11 Å². The average molecular weight is 778 g/mol. The number of aliphatic hydroxyl groups is 1. The van der Waals surface area contributed by atoms with E-state index in [2.05, 4.69) is 60.9 Å². The van der Waals surface area contributed by atoms with Crippen molar-refractivity contribution in [3.63, 3.8) is 0 Å². The molecule has 0 radical (unpaired) electrons. The quantitative estimate of drug-likeness (QED) is 0.188. The number of allylic oxidation sites excluding steroid dienone is 12. The summed E-state index contributed by atoms with van der Waals surface area (Å²) >= 11 is 0. The third kappa shape index (κ3) is 6.72. The van der Waals surface area contributed by atoms with Crippen LogP contribution >= 0.6 is 0 Å². The first kappa shape index (κ1) is 37.6. The normalized spacial score (nSPS) is 20.6. The molecule has 10 nitrogen and oxygen atoms in total. The number of carbonyl (C=O) groups is 1. The fourth-order valence-electron chi connectivity index (χ4n) is 8.67. The number of methoxy groups -OCH3 is 1. The maximum absolute atomic E-state index is 12.5. The number of ether oxygens (including phenoxy) is 1. The van der Waals surface area contributed by atoms with Gasteiger partial charge < -0.3 is 15.2 Å². The van der Waals surface area contributed by atoms with E-state index in [0.717, 1.165) is 108 Å². The molecule has 10 heteroatoms. The molecule has 2 atom stereocenters. The summed E-state index contributed by atoms with van der Waals surface area (Å²) in [5.74, 6) is 7.00. The van der Waals surface area contributed by atoms with Gasteiger partial charge in [0.15, 0.2) is 0 Å². The molecule has 9 rings (SSSR count). The number of nitrogens with one attached hydrogen (secondary N) is 1. The second-order valence-electron chi connectivity index (χ2n) is 15.4. The molecule has 1 fully saturated rings. The fraction of sp³-hybridized carbons (Fsp3) is 0.245. The van der Waals surface area contributed by atoms with E-state index in [1.54, 1.807) is 12.4 Å². The number of esters is 1. The summed E-state index contributed by atoms with van der Waals surface area (Å²) in [5.41, 5.74) is 16.9. The van der Waals surface area contributed by atoms with Gasteiger partial charge in [0.05, 0.1) is 69.7 Å². The maximum Gasteiger partial charge on any atom is 0.305 e. The van der Waals surface area contributed by atoms with Gasteiger partial charge in [0.1, 0.15) is 5.76 Å². The maximum atomic E-state index is 12.5. The van der Waals surface area contributed by atoms with Gasteiger partial charge in [-0.3, -0.25) is 14.8 Å². The van der Waals surface area contributed by atoms with Gasteiger partial charge in [-0.25, -0.2) is 20.0 Å². The predicted molar refractivity (Wildman–Crippen MR) is 231 cm³/mol. The van der Waals surface area contributed by atoms with Crippen LogP contribution in [-0.4, -0.2) is 50.3 Å². The number of rotatable bonds is 6. The Bertz CT molecular complexity index is 2740. The van der Waals surface area contributed by atoms with Crippen LogP contribution in [0.2, 0.25) is 0 Å². The van der Waals surface area contributed by atoms with Crippen LogP contribution in [0.3, 0.4) is 0 Å². The molecule has 3 aromatic rings. The van der Waals surface area contributed by atoms with Gasteiger partial charge in [0.2, 0.25) is 0 Å². The molecule has 0 aromatic carbocycles. The molecule has 2 N–H and O–H groups in total. The first-order valence-electron chi connectivity index (χ1n) is 20.0. The lowest BCUT2D eigenvalue weighted by molar-refractivity contribution is -0.140. The van der Waals surface area contributed by atoms with E-state index in [0.29, 0.717) is 30.0 Å². The van der Waals surface area contributed by atoms with Crippen molar-refractivity contribution in [3.05, 3.63) is 158 Å². The third-order valence-electron chi connectivity index (χ3n) is 12.0. The molecule has 0 spiro atoms. The Morgan fingerprint density at radius 3 is 2.22 bits per heavy atom. The lowest BCUT2D eigenvalue weighted by Gasteiger charge is -2.17. The van der Waals surface area contributed by atoms with Gasteiger partial charge in [-0.1, -0.05) is 37.8 Å². The Morgan fingerprint density at radius 2 is 1.56 bits per heavy atom. The molecule has 1 saturated heterocycles. The molecule has 1 aliphatic carbocycles. The fourth-order valence-corrected chi connectivity index (χ4v) is 8.67. The molecule has 8 heterocycles. The number of aromatic nitrogens is 3. The highest BCUT2D eigenvalue weighted by atomic mass is 16.5. The highest BCUT2D eigenvalue weighted by molar-refractivity contribution is 6.21. The van der Waals surface area contributed by atoms with Crippen LogP contribution in [0, 0.1) is 23.7 Å². The van der Waals surface area contributed by atoms with Crippen molar-refractivity contribution in [1.82, 2.24) is 20.3 Å². The van der Waals surface area contributed by atoms with Crippen LogP contribution in [0.15, 0.2) is 167 Å². The van der Waals surface area contributed by atoms with E-state index in [9.17, 15) is 9.90 Å². The first-order valence-corrected chi connectivity index (χ1v) is 20.0. The standard InChI is InChI=1S/C49H43N7O3/c1-7-31-26(2)38-24-42-32(15-14-30-20-43(35-12-8-10-18-50-35)54-44(21-30)36-13-9-11-19-51-36)27(3)37(53-42)23-39-28(4)33(16-17-46(58)59-6)48(55-39)34-22-45(57)47-29(5)40(56-49(34)47)25-41(31)52-38/h8-13,18-21,23-25,28,33,55,57H,7,16-17,22H2,1-6H3/t28-,33-/m0/s1. The average Bonchev–Trinajstić information content (AvgIpc) is 4.01. The topological polar surface area (TPSA) is 134 Å². The van der Waals surface area contributed by atoms with Crippen LogP contribution in [0.1, 0.15) is 65.9 Å². The van der Waals surface area contributed by atoms with Gasteiger partial charge in [-0.2, -0.15) is 0 Å². The summed E-state index contributed by atoms with van der Waals surface area (Å²) in [6, 6.07) is 15.5. The van der Waals surface area contributed by atoms with Crippen LogP contribution in [0.5, 0.6) is 0 Å². The largest absolute Gasteiger partial charge is 0.511 e. The summed E-state index contributed by atoms with van der Waals surface area (Å²) in [5, 5.41) is 15.2. The molecule has 5 aliphatic heterocycles. The number of carbonyl (C=O) groups excluding carboxylic acids is 1. The minimum Gasteiger partial charge on any atom is -0.511 e. The molecule has 0 unspecified atom stereocenters. The number of aliphatic imine (C=N–C) groups is 3. The van der Waals surface area contributed by atoms with E-state index in [1.807, 2.05) is 67.6 Å². The van der Waals surface area contributed by atoms with Crippen LogP contribution in [0.25, 0.3) is 22.8 Å². The van der Waals surface area contributed by atoms with E-state index in [4.69, 9.17) is 24.7 Å². The summed E-state index contributed by atoms with van der Waals surface area (Å²) < 4.78 is 5.06. The molecule has 8 bridgehead atoms. The first-order chi connectivity index (χ1) is 28.6. The SMILES string of the molecule is CCC1=C(C)C2=NC1=CC1=C(C)C3=C(O)CC(=C4NC(=CC5=NC(=C2)C(C#Cc2cc(-c6ccccn6)nc(-c6ccccn6)c2)=C5C)[C@@H](C)[C@@H]4CCC(=O)OC)C3=N1. The van der Waals surface area contributed by atoms with Crippen molar-refractivity contribution in [3.8, 4) is 34.6 Å². The molecule has 59 heavy (non-hydrogen) atoms. The highest BCUT2D eigenvalue weighted by Crippen LogP contribution is 2.46. The lowest BCUT2D eigenvalue weighted by atomic mass is 9.86. The van der Waals surface area contributed by atoms with Gasteiger partial charge in [0.25, 0.3) is 0 Å². The molecule has 3 aromatic heterocycles. The van der Waals surface area contributed by atoms with Crippen molar-refractivity contribution >= 4 is 23.1 Å². The van der Waals surface area contributed by atoms with E-state index in [1.165, 1.54) is 7.11 Å². The lowest BCUT2D eigenvalue weighted by Crippen LogP contribution is -2.16. The van der Waals surface area contributed by atoms with E-state index < -0.39 is 0 Å². The molecular weight excluding hydrogens is 735 g/mol. The smallest absolute Gasteiger partial charge is 0.305 e. The van der Waals surface area contributed by atoms with Gasteiger partial charge >= 0.3 is 5.97 Å². The Hall–Kier alpha value is -6.99. The van der Waals surface area contributed by atoms with Crippen molar-refractivity contribution in [1.29, 1.82) is 0 Å². The number of pyridine rings is 3. The zero-order valence-corrected chi connectivity index (χ0v) is 33.9. The Balaban J connectivity index is 1.22. The number of hydrogen-bond donors (Lipinski definition) is 2. The minimum absolute atomic E-state index is 0.00396. The van der Waals surface area contributed by atoms with Gasteiger partial charge in [-0.15, -0.1) is 0 Å². The molecule has 6 aliphatic rings. The summed E-state index contributed by atoms with van der Waals surface area (Å²) in [6.45, 7) is 10.5. The number of aliphatic hydroxyl groups excluding tert-OH is 1. The molecule has 0 saturated carbocycles. The number of fused-ring (bicyclic) bond motifs is 5. The Kier molecular flexibility index (Phi) is 9.60. The second kappa shape index (κ2) is 15.1. The van der Waals surface area contributed by atoms with Crippen molar-refractivity contribution < 1.29 is 14.6 Å². The van der Waals surface area contributed by atoms with Crippen molar-refractivity contribution in [2.24, 2.45) is 26.8 Å². The van der Waals surface area contributed by atoms with E-state index in [-0.39, 0.29) is 24.2 Å². The number of nitrogens with zero attached hydrogens (tertiary/aromatic N) is 6. The molecule has 0 amide bonds. The second-order valence-corrected chi connectivity index (χ2v) is 15.4. The Morgan fingerprint density at radius 1 is 0.864 bits per heavy atom.